The van der Waals surface area contributed by atoms with Crippen molar-refractivity contribution in [2.24, 2.45) is 0 Å². The Balaban J connectivity index is 2.54. The number of nitrogens with one attached hydrogen (secondary N) is 1. The molecule has 0 unspecified atom stereocenters. The molecule has 0 saturated heterocycles. The van der Waals surface area contributed by atoms with Crippen LogP contribution in [0.5, 0.6) is 0 Å². The molecule has 6 heteroatoms. The first-order chi connectivity index (χ1) is 7.50. The number of hydrogen-bond acceptors (Lipinski definition) is 3. The van der Waals surface area contributed by atoms with Gasteiger partial charge in [0.1, 0.15) is 5.82 Å². The summed E-state index contributed by atoms with van der Waals surface area (Å²) in [5, 5.41) is 0. The lowest BCUT2D eigenvalue weighted by Crippen LogP contribution is -1.97. The quantitative estimate of drug-likeness (QED) is 0.801. The van der Waals surface area contributed by atoms with E-state index in [1.54, 1.807) is 6.07 Å². The third kappa shape index (κ3) is 2.07. The first-order valence-electron chi connectivity index (χ1n) is 4.97. The maximum Gasteiger partial charge on any atom is 0.294 e. The van der Waals surface area contributed by atoms with E-state index < -0.39 is 10.1 Å². The zero-order valence-electron chi connectivity index (χ0n) is 8.77. The van der Waals surface area contributed by atoms with E-state index in [-0.39, 0.29) is 4.90 Å². The Morgan fingerprint density at radius 3 is 2.81 bits per heavy atom. The molecule has 1 aromatic heterocycles. The van der Waals surface area contributed by atoms with E-state index in [9.17, 15) is 8.42 Å². The minimum atomic E-state index is -4.15. The van der Waals surface area contributed by atoms with Crippen molar-refractivity contribution in [2.75, 3.05) is 0 Å². The van der Waals surface area contributed by atoms with Crippen LogP contribution in [0.4, 0.5) is 0 Å². The van der Waals surface area contributed by atoms with Crippen LogP contribution < -0.4 is 0 Å². The minimum absolute atomic E-state index is 0.130. The molecule has 0 amide bonds. The lowest BCUT2D eigenvalue weighted by Gasteiger charge is -1.94. The molecule has 2 N–H and O–H groups in total. The summed E-state index contributed by atoms with van der Waals surface area (Å²) >= 11 is 0. The molecule has 2 rings (SSSR count). The Morgan fingerprint density at radius 2 is 2.19 bits per heavy atom. The minimum Gasteiger partial charge on any atom is -0.342 e. The number of imidazole rings is 1. The van der Waals surface area contributed by atoms with Gasteiger partial charge in [-0.05, 0) is 24.6 Å². The fraction of sp³-hybridized carbons (Fsp3) is 0.300. The van der Waals surface area contributed by atoms with Crippen molar-refractivity contribution in [3.63, 3.8) is 0 Å². The third-order valence-corrected chi connectivity index (χ3v) is 3.14. The SMILES string of the molecule is CCCc1nc2cc(S(=O)(=O)O)ccc2[nH]1. The van der Waals surface area contributed by atoms with Crippen LogP contribution in [0.3, 0.4) is 0 Å². The van der Waals surface area contributed by atoms with Crippen molar-refractivity contribution in [2.45, 2.75) is 24.7 Å². The van der Waals surface area contributed by atoms with Gasteiger partial charge in [0, 0.05) is 6.42 Å². The zero-order chi connectivity index (χ0) is 11.8. The first kappa shape index (κ1) is 11.1. The highest BCUT2D eigenvalue weighted by molar-refractivity contribution is 7.85. The Hall–Kier alpha value is -1.40. The number of H-pyrrole nitrogens is 1. The van der Waals surface area contributed by atoms with Gasteiger partial charge in [0.2, 0.25) is 0 Å². The molecule has 0 saturated carbocycles. The van der Waals surface area contributed by atoms with Crippen LogP contribution in [0.1, 0.15) is 19.2 Å². The van der Waals surface area contributed by atoms with Crippen LogP contribution in [0.2, 0.25) is 0 Å². The van der Waals surface area contributed by atoms with Crippen molar-refractivity contribution in [1.29, 1.82) is 0 Å². The Morgan fingerprint density at radius 1 is 1.44 bits per heavy atom. The topological polar surface area (TPSA) is 83.1 Å². The normalized spacial score (nSPS) is 12.1. The summed E-state index contributed by atoms with van der Waals surface area (Å²) in [6, 6.07) is 4.32. The van der Waals surface area contributed by atoms with Crippen molar-refractivity contribution in [1.82, 2.24) is 9.97 Å². The second-order valence-electron chi connectivity index (χ2n) is 3.59. The van der Waals surface area contributed by atoms with Crippen LogP contribution in [0, 0.1) is 0 Å². The summed E-state index contributed by atoms with van der Waals surface area (Å²) in [4.78, 5) is 7.20. The molecule has 5 nitrogen and oxygen atoms in total. The molecule has 0 aliphatic rings. The summed E-state index contributed by atoms with van der Waals surface area (Å²) in [7, 11) is -4.15. The van der Waals surface area contributed by atoms with E-state index in [0.29, 0.717) is 5.52 Å². The predicted octanol–water partition coefficient (Wildman–Crippen LogP) is 1.76. The summed E-state index contributed by atoms with van der Waals surface area (Å²) in [6.07, 6.45) is 1.78. The van der Waals surface area contributed by atoms with Gasteiger partial charge in [-0.2, -0.15) is 8.42 Å². The first-order valence-corrected chi connectivity index (χ1v) is 6.41. The summed E-state index contributed by atoms with van der Waals surface area (Å²) in [5.74, 6) is 0.824. The Labute approximate surface area is 93.3 Å². The molecule has 0 radical (unpaired) electrons. The molecule has 0 aliphatic carbocycles. The van der Waals surface area contributed by atoms with Crippen LogP contribution >= 0.6 is 0 Å². The van der Waals surface area contributed by atoms with E-state index in [1.165, 1.54) is 12.1 Å². The van der Waals surface area contributed by atoms with Gasteiger partial charge in [-0.3, -0.25) is 4.55 Å². The smallest absolute Gasteiger partial charge is 0.294 e. The Kier molecular flexibility index (Phi) is 2.69. The van der Waals surface area contributed by atoms with Crippen LogP contribution in [-0.4, -0.2) is 22.9 Å². The van der Waals surface area contributed by atoms with E-state index in [1.807, 2.05) is 6.92 Å². The van der Waals surface area contributed by atoms with Gasteiger partial charge >= 0.3 is 0 Å². The van der Waals surface area contributed by atoms with Gasteiger partial charge in [-0.1, -0.05) is 6.92 Å². The number of aryl methyl sites for hydroxylation is 1. The molecule has 1 aromatic carbocycles. The average Bonchev–Trinajstić information content (AvgIpc) is 2.57. The summed E-state index contributed by atoms with van der Waals surface area (Å²) in [6.45, 7) is 2.04. The highest BCUT2D eigenvalue weighted by Gasteiger charge is 2.11. The maximum absolute atomic E-state index is 10.9. The second-order valence-corrected chi connectivity index (χ2v) is 5.01. The maximum atomic E-state index is 10.9. The monoisotopic (exact) mass is 240 g/mol. The molecule has 2 aromatic rings. The highest BCUT2D eigenvalue weighted by atomic mass is 32.2. The molecule has 0 spiro atoms. The largest absolute Gasteiger partial charge is 0.342 e. The fourth-order valence-corrected chi connectivity index (χ4v) is 2.05. The van der Waals surface area contributed by atoms with E-state index in [4.69, 9.17) is 4.55 Å². The molecule has 0 aliphatic heterocycles. The number of hydrogen-bond donors (Lipinski definition) is 2. The third-order valence-electron chi connectivity index (χ3n) is 2.29. The van der Waals surface area contributed by atoms with Gasteiger partial charge in [0.05, 0.1) is 15.9 Å². The van der Waals surface area contributed by atoms with Crippen LogP contribution in [0.25, 0.3) is 11.0 Å². The molecule has 0 bridgehead atoms. The number of rotatable bonds is 3. The summed E-state index contributed by atoms with van der Waals surface area (Å²) in [5.41, 5.74) is 1.33. The molecule has 0 atom stereocenters. The Bertz CT molecular complexity index is 616. The van der Waals surface area contributed by atoms with Crippen LogP contribution in [-0.2, 0) is 16.5 Å². The predicted molar refractivity (Wildman–Crippen MR) is 59.9 cm³/mol. The molecule has 1 heterocycles. The summed E-state index contributed by atoms with van der Waals surface area (Å²) < 4.78 is 30.7. The molecular weight excluding hydrogens is 228 g/mol. The fourth-order valence-electron chi connectivity index (χ4n) is 1.55. The van der Waals surface area contributed by atoms with Gasteiger partial charge in [0.15, 0.2) is 0 Å². The van der Waals surface area contributed by atoms with Gasteiger partial charge < -0.3 is 4.98 Å². The van der Waals surface area contributed by atoms with Gasteiger partial charge in [-0.15, -0.1) is 0 Å². The van der Waals surface area contributed by atoms with Crippen molar-refractivity contribution < 1.29 is 13.0 Å². The molecule has 86 valence electrons. The van der Waals surface area contributed by atoms with E-state index in [2.05, 4.69) is 9.97 Å². The molecule has 16 heavy (non-hydrogen) atoms. The van der Waals surface area contributed by atoms with Crippen molar-refractivity contribution in [3.8, 4) is 0 Å². The standard InChI is InChI=1S/C10H12N2O3S/c1-2-3-10-11-8-5-4-7(16(13,14)15)6-9(8)12-10/h4-6H,2-3H2,1H3,(H,11,12)(H,13,14,15). The number of aromatic nitrogens is 2. The zero-order valence-corrected chi connectivity index (χ0v) is 9.58. The van der Waals surface area contributed by atoms with E-state index in [0.717, 1.165) is 24.2 Å². The van der Waals surface area contributed by atoms with Gasteiger partial charge in [0.25, 0.3) is 10.1 Å². The number of nitrogens with zero attached hydrogens (tertiary/aromatic N) is 1. The van der Waals surface area contributed by atoms with Crippen LogP contribution in [0.15, 0.2) is 23.1 Å². The van der Waals surface area contributed by atoms with Crippen molar-refractivity contribution >= 4 is 21.2 Å². The lowest BCUT2D eigenvalue weighted by molar-refractivity contribution is 0.483. The number of benzene rings is 1. The van der Waals surface area contributed by atoms with Crippen molar-refractivity contribution in [3.05, 3.63) is 24.0 Å². The molecular formula is C10H12N2O3S. The number of aromatic amines is 1. The second kappa shape index (κ2) is 3.88. The average molecular weight is 240 g/mol. The van der Waals surface area contributed by atoms with E-state index >= 15 is 0 Å². The van der Waals surface area contributed by atoms with Gasteiger partial charge in [-0.25, -0.2) is 4.98 Å². The lowest BCUT2D eigenvalue weighted by atomic mass is 10.3. The molecule has 0 fully saturated rings. The highest BCUT2D eigenvalue weighted by Crippen LogP contribution is 2.17. The number of fused-ring (bicyclic) bond motifs is 1.